The second kappa shape index (κ2) is 10.3. The second-order valence-corrected chi connectivity index (χ2v) is 7.73. The van der Waals surface area contributed by atoms with Crippen LogP contribution in [0.15, 0.2) is 53.5 Å². The van der Waals surface area contributed by atoms with E-state index in [4.69, 9.17) is 9.73 Å². The Morgan fingerprint density at radius 2 is 1.93 bits per heavy atom. The third kappa shape index (κ3) is 5.39. The SMILES string of the molecule is CCNC(=NCc1ccc(C(=O)N(C)C)cc1)N1CCOC(c2ccccc2C)C1. The van der Waals surface area contributed by atoms with Gasteiger partial charge in [-0.05, 0) is 42.7 Å². The van der Waals surface area contributed by atoms with Crippen molar-refractivity contribution in [3.8, 4) is 0 Å². The average Bonchev–Trinajstić information content (AvgIpc) is 2.77. The first-order chi connectivity index (χ1) is 14.5. The molecule has 160 valence electrons. The van der Waals surface area contributed by atoms with E-state index in [1.54, 1.807) is 19.0 Å². The van der Waals surface area contributed by atoms with Crippen LogP contribution in [0.4, 0.5) is 0 Å². The molecule has 1 saturated heterocycles. The molecule has 2 aromatic carbocycles. The van der Waals surface area contributed by atoms with E-state index in [0.29, 0.717) is 18.7 Å². The van der Waals surface area contributed by atoms with E-state index in [9.17, 15) is 4.79 Å². The fraction of sp³-hybridized carbons (Fsp3) is 0.417. The van der Waals surface area contributed by atoms with Crippen molar-refractivity contribution < 1.29 is 9.53 Å². The fourth-order valence-electron chi connectivity index (χ4n) is 3.58. The van der Waals surface area contributed by atoms with Gasteiger partial charge in [0, 0.05) is 32.7 Å². The first-order valence-corrected chi connectivity index (χ1v) is 10.5. The van der Waals surface area contributed by atoms with Gasteiger partial charge in [-0.3, -0.25) is 4.79 Å². The van der Waals surface area contributed by atoms with Crippen LogP contribution in [0.25, 0.3) is 0 Å². The lowest BCUT2D eigenvalue weighted by atomic mass is 10.0. The summed E-state index contributed by atoms with van der Waals surface area (Å²) in [6, 6.07) is 16.1. The predicted molar refractivity (Wildman–Crippen MR) is 121 cm³/mol. The Bertz CT molecular complexity index is 877. The summed E-state index contributed by atoms with van der Waals surface area (Å²) in [7, 11) is 3.52. The number of hydrogen-bond donors (Lipinski definition) is 1. The maximum atomic E-state index is 12.1. The molecule has 1 fully saturated rings. The third-order valence-electron chi connectivity index (χ3n) is 5.25. The Kier molecular flexibility index (Phi) is 7.46. The Balaban J connectivity index is 1.71. The molecule has 3 rings (SSSR count). The van der Waals surface area contributed by atoms with Crippen molar-refractivity contribution >= 4 is 11.9 Å². The average molecular weight is 409 g/mol. The first-order valence-electron chi connectivity index (χ1n) is 10.5. The van der Waals surface area contributed by atoms with E-state index in [1.807, 2.05) is 24.3 Å². The number of rotatable bonds is 5. The first kappa shape index (κ1) is 21.8. The van der Waals surface area contributed by atoms with Crippen molar-refractivity contribution in [2.24, 2.45) is 4.99 Å². The second-order valence-electron chi connectivity index (χ2n) is 7.73. The lowest BCUT2D eigenvalue weighted by molar-refractivity contribution is -0.00834. The molecule has 2 aromatic rings. The molecule has 0 saturated carbocycles. The van der Waals surface area contributed by atoms with Crippen molar-refractivity contribution in [1.29, 1.82) is 0 Å². The molecule has 0 spiro atoms. The summed E-state index contributed by atoms with van der Waals surface area (Å²) in [5.74, 6) is 0.904. The number of aryl methyl sites for hydroxylation is 1. The lowest BCUT2D eigenvalue weighted by Crippen LogP contribution is -2.48. The molecule has 1 aliphatic rings. The Labute approximate surface area is 179 Å². The molecule has 1 atom stereocenters. The number of carbonyl (C=O) groups excluding carboxylic acids is 1. The van der Waals surface area contributed by atoms with Gasteiger partial charge in [0.25, 0.3) is 5.91 Å². The van der Waals surface area contributed by atoms with E-state index in [2.05, 4.69) is 48.3 Å². The summed E-state index contributed by atoms with van der Waals surface area (Å²) in [5.41, 5.74) is 4.25. The Hall–Kier alpha value is -2.86. The molecule has 6 heteroatoms. The third-order valence-corrected chi connectivity index (χ3v) is 5.25. The maximum Gasteiger partial charge on any atom is 0.253 e. The molecule has 1 heterocycles. The zero-order valence-electron chi connectivity index (χ0n) is 18.4. The van der Waals surface area contributed by atoms with Gasteiger partial charge in [-0.25, -0.2) is 4.99 Å². The Morgan fingerprint density at radius 1 is 1.20 bits per heavy atom. The van der Waals surface area contributed by atoms with Crippen molar-refractivity contribution in [3.63, 3.8) is 0 Å². The molecule has 0 bridgehead atoms. The van der Waals surface area contributed by atoms with Crippen LogP contribution < -0.4 is 5.32 Å². The molecule has 0 aliphatic carbocycles. The van der Waals surface area contributed by atoms with Crippen LogP contribution in [-0.2, 0) is 11.3 Å². The Morgan fingerprint density at radius 3 is 2.60 bits per heavy atom. The van der Waals surface area contributed by atoms with Crippen LogP contribution in [0.5, 0.6) is 0 Å². The molecular weight excluding hydrogens is 376 g/mol. The number of hydrogen-bond acceptors (Lipinski definition) is 3. The van der Waals surface area contributed by atoms with E-state index < -0.39 is 0 Å². The minimum absolute atomic E-state index is 0.00829. The topological polar surface area (TPSA) is 57.2 Å². The number of benzene rings is 2. The quantitative estimate of drug-likeness (QED) is 0.610. The van der Waals surface area contributed by atoms with Gasteiger partial charge >= 0.3 is 0 Å². The fourth-order valence-corrected chi connectivity index (χ4v) is 3.58. The van der Waals surface area contributed by atoms with Crippen LogP contribution in [0.2, 0.25) is 0 Å². The number of nitrogens with zero attached hydrogens (tertiary/aromatic N) is 3. The van der Waals surface area contributed by atoms with Gasteiger partial charge in [-0.1, -0.05) is 36.4 Å². The van der Waals surface area contributed by atoms with Crippen molar-refractivity contribution in [3.05, 3.63) is 70.8 Å². The monoisotopic (exact) mass is 408 g/mol. The maximum absolute atomic E-state index is 12.1. The highest BCUT2D eigenvalue weighted by Gasteiger charge is 2.25. The number of carbonyl (C=O) groups is 1. The molecule has 1 aliphatic heterocycles. The highest BCUT2D eigenvalue weighted by atomic mass is 16.5. The molecular formula is C24H32N4O2. The summed E-state index contributed by atoms with van der Waals surface area (Å²) in [6.45, 7) is 7.83. The number of morpholine rings is 1. The molecule has 1 N–H and O–H groups in total. The summed E-state index contributed by atoms with van der Waals surface area (Å²) < 4.78 is 6.06. The van der Waals surface area contributed by atoms with E-state index in [1.165, 1.54) is 11.1 Å². The summed E-state index contributed by atoms with van der Waals surface area (Å²) in [4.78, 5) is 20.8. The smallest absolute Gasteiger partial charge is 0.253 e. The van der Waals surface area contributed by atoms with Crippen LogP contribution >= 0.6 is 0 Å². The number of amides is 1. The van der Waals surface area contributed by atoms with Crippen LogP contribution in [0.1, 0.15) is 40.1 Å². The van der Waals surface area contributed by atoms with Crippen LogP contribution in [0.3, 0.4) is 0 Å². The van der Waals surface area contributed by atoms with Gasteiger partial charge in [0.05, 0.1) is 19.7 Å². The largest absolute Gasteiger partial charge is 0.370 e. The predicted octanol–water partition coefficient (Wildman–Crippen LogP) is 3.24. The summed E-state index contributed by atoms with van der Waals surface area (Å²) in [6.07, 6.45) is 0.0418. The minimum atomic E-state index is 0.00829. The molecule has 0 radical (unpaired) electrons. The van der Waals surface area contributed by atoms with Gasteiger partial charge in [0.15, 0.2) is 5.96 Å². The van der Waals surface area contributed by atoms with Crippen molar-refractivity contribution in [2.75, 3.05) is 40.3 Å². The number of guanidine groups is 1. The van der Waals surface area contributed by atoms with Crippen molar-refractivity contribution in [2.45, 2.75) is 26.5 Å². The van der Waals surface area contributed by atoms with E-state index >= 15 is 0 Å². The van der Waals surface area contributed by atoms with Gasteiger partial charge in [-0.2, -0.15) is 0 Å². The highest BCUT2D eigenvalue weighted by molar-refractivity contribution is 5.93. The van der Waals surface area contributed by atoms with Crippen LogP contribution in [-0.4, -0.2) is 62.0 Å². The number of nitrogens with one attached hydrogen (secondary N) is 1. The van der Waals surface area contributed by atoms with Gasteiger partial charge in [0.1, 0.15) is 6.10 Å². The summed E-state index contributed by atoms with van der Waals surface area (Å²) in [5, 5.41) is 3.41. The van der Waals surface area contributed by atoms with Crippen molar-refractivity contribution in [1.82, 2.24) is 15.1 Å². The zero-order chi connectivity index (χ0) is 21.5. The molecule has 30 heavy (non-hydrogen) atoms. The highest BCUT2D eigenvalue weighted by Crippen LogP contribution is 2.25. The van der Waals surface area contributed by atoms with Gasteiger partial charge < -0.3 is 19.9 Å². The van der Waals surface area contributed by atoms with Gasteiger partial charge in [-0.15, -0.1) is 0 Å². The molecule has 1 unspecified atom stereocenters. The number of ether oxygens (including phenoxy) is 1. The summed E-state index contributed by atoms with van der Waals surface area (Å²) >= 11 is 0. The molecule has 0 aromatic heterocycles. The van der Waals surface area contributed by atoms with E-state index in [0.717, 1.165) is 31.2 Å². The normalized spacial score (nSPS) is 17.0. The van der Waals surface area contributed by atoms with Crippen LogP contribution in [0, 0.1) is 6.92 Å². The van der Waals surface area contributed by atoms with E-state index in [-0.39, 0.29) is 12.0 Å². The number of aliphatic imine (C=N–C) groups is 1. The van der Waals surface area contributed by atoms with Gasteiger partial charge in [0.2, 0.25) is 0 Å². The zero-order valence-corrected chi connectivity index (χ0v) is 18.4. The molecule has 6 nitrogen and oxygen atoms in total. The standard InChI is InChI=1S/C24H32N4O2/c1-5-25-24(26-16-19-10-12-20(13-11-19)23(29)27(3)4)28-14-15-30-22(17-28)21-9-7-6-8-18(21)2/h6-13,22H,5,14-17H2,1-4H3,(H,25,26). The molecule has 1 amide bonds. The lowest BCUT2D eigenvalue weighted by Gasteiger charge is -2.35. The minimum Gasteiger partial charge on any atom is -0.370 e.